The van der Waals surface area contributed by atoms with Crippen LogP contribution in [0.1, 0.15) is 43.9 Å². The fourth-order valence-corrected chi connectivity index (χ4v) is 4.07. The van der Waals surface area contributed by atoms with Crippen LogP contribution in [0.25, 0.3) is 0 Å². The van der Waals surface area contributed by atoms with Crippen molar-refractivity contribution < 1.29 is 18.7 Å². The van der Waals surface area contributed by atoms with E-state index >= 15 is 0 Å². The zero-order valence-corrected chi connectivity index (χ0v) is 20.1. The smallest absolute Gasteiger partial charge is 0.407 e. The predicted molar refractivity (Wildman–Crippen MR) is 131 cm³/mol. The number of ether oxygens (including phenoxy) is 1. The van der Waals surface area contributed by atoms with Gasteiger partial charge in [0, 0.05) is 50.4 Å². The highest BCUT2D eigenvalue weighted by Gasteiger charge is 2.21. The molecule has 8 heteroatoms. The Kier molecular flexibility index (Phi) is 9.70. The van der Waals surface area contributed by atoms with Crippen molar-refractivity contribution in [3.63, 3.8) is 0 Å². The van der Waals surface area contributed by atoms with Gasteiger partial charge in [0.25, 0.3) is 0 Å². The van der Waals surface area contributed by atoms with E-state index in [9.17, 15) is 14.0 Å². The highest BCUT2D eigenvalue weighted by Crippen LogP contribution is 2.28. The second kappa shape index (κ2) is 12.9. The Bertz CT molecular complexity index is 933. The third-order valence-corrected chi connectivity index (χ3v) is 6.06. The molecule has 1 fully saturated rings. The quantitative estimate of drug-likeness (QED) is 0.516. The summed E-state index contributed by atoms with van der Waals surface area (Å²) in [6.07, 6.45) is 0.224. The number of alkyl carbamates (subject to hydrolysis) is 1. The highest BCUT2D eigenvalue weighted by molar-refractivity contribution is 5.77. The summed E-state index contributed by atoms with van der Waals surface area (Å²) in [6, 6.07) is 13.9. The molecule has 1 unspecified atom stereocenters. The number of anilines is 1. The van der Waals surface area contributed by atoms with Crippen LogP contribution in [-0.4, -0.2) is 56.2 Å². The molecule has 0 aromatic heterocycles. The van der Waals surface area contributed by atoms with Gasteiger partial charge in [-0.3, -0.25) is 4.79 Å². The lowest BCUT2D eigenvalue weighted by Crippen LogP contribution is -2.46. The summed E-state index contributed by atoms with van der Waals surface area (Å²) in [6.45, 7) is 9.27. The zero-order chi connectivity index (χ0) is 24.3. The molecule has 0 saturated carbocycles. The number of nitrogens with zero attached hydrogens (tertiary/aromatic N) is 2. The maximum atomic E-state index is 14.0. The average molecular weight is 471 g/mol. The molecule has 0 bridgehead atoms. The third-order valence-electron chi connectivity index (χ3n) is 6.06. The van der Waals surface area contributed by atoms with Crippen molar-refractivity contribution in [2.24, 2.45) is 0 Å². The van der Waals surface area contributed by atoms with Crippen LogP contribution < -0.4 is 15.5 Å². The molecule has 2 N–H and O–H groups in total. The van der Waals surface area contributed by atoms with Gasteiger partial charge >= 0.3 is 6.09 Å². The van der Waals surface area contributed by atoms with E-state index in [1.54, 1.807) is 6.07 Å². The molecule has 2 aromatic rings. The number of carbonyl (C=O) groups is 2. The molecule has 34 heavy (non-hydrogen) atoms. The molecule has 0 spiro atoms. The van der Waals surface area contributed by atoms with Gasteiger partial charge in [0.15, 0.2) is 0 Å². The Morgan fingerprint density at radius 3 is 2.53 bits per heavy atom. The number of amides is 2. The Labute approximate surface area is 201 Å². The van der Waals surface area contributed by atoms with E-state index in [-0.39, 0.29) is 30.8 Å². The van der Waals surface area contributed by atoms with Crippen LogP contribution in [0.3, 0.4) is 0 Å². The van der Waals surface area contributed by atoms with Gasteiger partial charge in [-0.2, -0.15) is 0 Å². The maximum Gasteiger partial charge on any atom is 0.407 e. The highest BCUT2D eigenvalue weighted by atomic mass is 19.1. The van der Waals surface area contributed by atoms with Gasteiger partial charge in [-0.25, -0.2) is 9.18 Å². The number of hydrogen-bond acceptors (Lipinski definition) is 5. The van der Waals surface area contributed by atoms with E-state index in [0.717, 1.165) is 49.5 Å². The third kappa shape index (κ3) is 7.73. The van der Waals surface area contributed by atoms with Crippen molar-refractivity contribution >= 4 is 17.7 Å². The second-order valence-corrected chi connectivity index (χ2v) is 8.51. The van der Waals surface area contributed by atoms with Crippen molar-refractivity contribution in [2.45, 2.75) is 39.3 Å². The van der Waals surface area contributed by atoms with E-state index in [2.05, 4.69) is 27.4 Å². The van der Waals surface area contributed by atoms with E-state index in [0.29, 0.717) is 13.0 Å². The van der Waals surface area contributed by atoms with Gasteiger partial charge in [-0.05, 0) is 43.7 Å². The van der Waals surface area contributed by atoms with E-state index in [4.69, 9.17) is 4.74 Å². The van der Waals surface area contributed by atoms with Gasteiger partial charge < -0.3 is 25.2 Å². The van der Waals surface area contributed by atoms with Crippen LogP contribution in [-0.2, 0) is 16.1 Å². The van der Waals surface area contributed by atoms with Crippen LogP contribution >= 0.6 is 0 Å². The Hall–Kier alpha value is -3.13. The molecular weight excluding hydrogens is 435 g/mol. The normalized spacial score (nSPS) is 15.0. The molecule has 2 aromatic carbocycles. The lowest BCUT2D eigenvalue weighted by molar-refractivity contribution is -0.121. The fraction of sp³-hybridized carbons (Fsp3) is 0.462. The molecule has 1 atom stereocenters. The van der Waals surface area contributed by atoms with Gasteiger partial charge in [0.1, 0.15) is 12.4 Å². The summed E-state index contributed by atoms with van der Waals surface area (Å²) >= 11 is 0. The van der Waals surface area contributed by atoms with Crippen LogP contribution in [0.2, 0.25) is 0 Å². The SMILES string of the molecule is CCN1CCN(c2ccc(F)cc2C(C)NC(=O)CCCNC(=O)OCc2ccccc2)CC1. The van der Waals surface area contributed by atoms with Gasteiger partial charge in [0.2, 0.25) is 5.91 Å². The first kappa shape index (κ1) is 25.5. The molecule has 2 amide bonds. The molecule has 184 valence electrons. The number of hydrogen-bond donors (Lipinski definition) is 2. The van der Waals surface area contributed by atoms with Crippen molar-refractivity contribution in [3.8, 4) is 0 Å². The number of rotatable bonds is 10. The zero-order valence-electron chi connectivity index (χ0n) is 20.1. The lowest BCUT2D eigenvalue weighted by Gasteiger charge is -2.37. The summed E-state index contributed by atoms with van der Waals surface area (Å²) in [7, 11) is 0. The monoisotopic (exact) mass is 470 g/mol. The average Bonchev–Trinajstić information content (AvgIpc) is 2.86. The van der Waals surface area contributed by atoms with Crippen LogP contribution in [0.15, 0.2) is 48.5 Å². The van der Waals surface area contributed by atoms with Crippen molar-refractivity contribution in [3.05, 3.63) is 65.5 Å². The molecule has 0 aliphatic carbocycles. The molecule has 1 aliphatic rings. The molecular formula is C26H35FN4O3. The number of piperazine rings is 1. The largest absolute Gasteiger partial charge is 0.445 e. The Morgan fingerprint density at radius 1 is 1.09 bits per heavy atom. The van der Waals surface area contributed by atoms with Crippen molar-refractivity contribution in [2.75, 3.05) is 44.2 Å². The standard InChI is InChI=1S/C26H35FN4O3/c1-3-30-14-16-31(17-15-30)24-12-11-22(27)18-23(24)20(2)29-25(32)10-7-13-28-26(33)34-19-21-8-5-4-6-9-21/h4-6,8-9,11-12,18,20H,3,7,10,13-17,19H2,1-2H3,(H,28,33)(H,29,32). The van der Waals surface area contributed by atoms with Crippen LogP contribution in [0.5, 0.6) is 0 Å². The van der Waals surface area contributed by atoms with E-state index in [1.807, 2.05) is 37.3 Å². The molecule has 1 aliphatic heterocycles. The molecule has 1 heterocycles. The van der Waals surface area contributed by atoms with Crippen LogP contribution in [0.4, 0.5) is 14.9 Å². The molecule has 3 rings (SSSR count). The lowest BCUT2D eigenvalue weighted by atomic mass is 10.0. The first-order valence-corrected chi connectivity index (χ1v) is 12.0. The number of halogens is 1. The molecule has 7 nitrogen and oxygen atoms in total. The Balaban J connectivity index is 1.42. The summed E-state index contributed by atoms with van der Waals surface area (Å²) in [5.41, 5.74) is 2.66. The topological polar surface area (TPSA) is 73.9 Å². The number of carbonyl (C=O) groups excluding carboxylic acids is 2. The summed E-state index contributed by atoms with van der Waals surface area (Å²) in [4.78, 5) is 28.9. The number of nitrogens with one attached hydrogen (secondary N) is 2. The van der Waals surface area contributed by atoms with Crippen molar-refractivity contribution in [1.82, 2.24) is 15.5 Å². The first-order chi connectivity index (χ1) is 16.5. The molecule has 0 radical (unpaired) electrons. The van der Waals surface area contributed by atoms with Gasteiger partial charge in [-0.15, -0.1) is 0 Å². The van der Waals surface area contributed by atoms with Crippen LogP contribution in [0, 0.1) is 5.82 Å². The van der Waals surface area contributed by atoms with E-state index in [1.165, 1.54) is 12.1 Å². The number of benzene rings is 2. The summed E-state index contributed by atoms with van der Waals surface area (Å²) < 4.78 is 19.2. The fourth-order valence-electron chi connectivity index (χ4n) is 4.07. The minimum atomic E-state index is -0.509. The van der Waals surface area contributed by atoms with Gasteiger partial charge in [0.05, 0.1) is 6.04 Å². The first-order valence-electron chi connectivity index (χ1n) is 12.0. The van der Waals surface area contributed by atoms with Crippen molar-refractivity contribution in [1.29, 1.82) is 0 Å². The van der Waals surface area contributed by atoms with E-state index < -0.39 is 6.09 Å². The molecule has 1 saturated heterocycles. The predicted octanol–water partition coefficient (Wildman–Crippen LogP) is 3.85. The second-order valence-electron chi connectivity index (χ2n) is 8.51. The van der Waals surface area contributed by atoms with Gasteiger partial charge in [-0.1, -0.05) is 37.3 Å². The Morgan fingerprint density at radius 2 is 1.82 bits per heavy atom. The minimum Gasteiger partial charge on any atom is -0.445 e. The summed E-state index contributed by atoms with van der Waals surface area (Å²) in [5, 5.41) is 5.63. The number of likely N-dealkylation sites (N-methyl/N-ethyl adjacent to an activating group) is 1. The minimum absolute atomic E-state index is 0.141. The maximum absolute atomic E-state index is 14.0. The summed E-state index contributed by atoms with van der Waals surface area (Å²) in [5.74, 6) is -0.455.